The van der Waals surface area contributed by atoms with E-state index in [9.17, 15) is 4.79 Å². The van der Waals surface area contributed by atoms with Gasteiger partial charge < -0.3 is 4.74 Å². The van der Waals surface area contributed by atoms with E-state index in [-0.39, 0.29) is 18.0 Å². The van der Waals surface area contributed by atoms with Gasteiger partial charge in [-0.2, -0.15) is 0 Å². The number of alkyl halides is 1. The van der Waals surface area contributed by atoms with Crippen molar-refractivity contribution in [1.29, 1.82) is 0 Å². The Labute approximate surface area is 151 Å². The summed E-state index contributed by atoms with van der Waals surface area (Å²) < 4.78 is 6.28. The molecule has 0 amide bonds. The van der Waals surface area contributed by atoms with Crippen molar-refractivity contribution in [1.82, 2.24) is 0 Å². The number of cyclic esters (lactones) is 1. The lowest BCUT2D eigenvalue weighted by Gasteiger charge is -2.05. The molecule has 0 aromatic rings. The summed E-state index contributed by atoms with van der Waals surface area (Å²) in [6.07, 6.45) is 18.7. The smallest absolute Gasteiger partial charge is 0.309 e. The second-order valence-corrected chi connectivity index (χ2v) is 7.70. The van der Waals surface area contributed by atoms with Gasteiger partial charge in [-0.15, -0.1) is 0 Å². The average molecular weight is 422 g/mol. The second kappa shape index (κ2) is 13.6. The van der Waals surface area contributed by atoms with Crippen LogP contribution in [0, 0.1) is 5.92 Å². The van der Waals surface area contributed by atoms with Gasteiger partial charge in [0.2, 0.25) is 0 Å². The van der Waals surface area contributed by atoms with Crippen molar-refractivity contribution in [3.8, 4) is 0 Å². The summed E-state index contributed by atoms with van der Waals surface area (Å²) in [6.45, 7) is 2.28. The first-order valence-electron chi connectivity index (χ1n) is 9.54. The summed E-state index contributed by atoms with van der Waals surface area (Å²) in [5, 5.41) is 0. The summed E-state index contributed by atoms with van der Waals surface area (Å²) in [5.41, 5.74) is 0. The molecule has 1 fully saturated rings. The van der Waals surface area contributed by atoms with Crippen LogP contribution in [0.5, 0.6) is 0 Å². The second-order valence-electron chi connectivity index (χ2n) is 6.82. The van der Waals surface area contributed by atoms with Crippen LogP contribution in [0.4, 0.5) is 0 Å². The Balaban J connectivity index is 1.81. The highest BCUT2D eigenvalue weighted by Gasteiger charge is 2.32. The Morgan fingerprint density at radius 2 is 1.41 bits per heavy atom. The van der Waals surface area contributed by atoms with E-state index < -0.39 is 0 Å². The molecule has 2 atom stereocenters. The van der Waals surface area contributed by atoms with E-state index in [0.717, 1.165) is 17.3 Å². The normalized spacial score (nSPS) is 21.3. The fourth-order valence-electron chi connectivity index (χ4n) is 3.28. The topological polar surface area (TPSA) is 26.3 Å². The summed E-state index contributed by atoms with van der Waals surface area (Å²) in [4.78, 5) is 11.7. The van der Waals surface area contributed by atoms with Crippen LogP contribution in [-0.2, 0) is 9.53 Å². The lowest BCUT2D eigenvalue weighted by Crippen LogP contribution is -2.07. The van der Waals surface area contributed by atoms with Crippen molar-refractivity contribution < 1.29 is 9.53 Å². The van der Waals surface area contributed by atoms with Gasteiger partial charge in [0.1, 0.15) is 6.10 Å². The summed E-state index contributed by atoms with van der Waals surface area (Å²) >= 11 is 2.31. The molecular weight excluding hydrogens is 387 g/mol. The van der Waals surface area contributed by atoms with Crippen LogP contribution >= 0.6 is 22.6 Å². The van der Waals surface area contributed by atoms with Gasteiger partial charge in [0.05, 0.1) is 5.92 Å². The minimum absolute atomic E-state index is 0.0599. The number of esters is 1. The number of carbonyl (C=O) groups is 1. The minimum Gasteiger partial charge on any atom is -0.461 e. The SMILES string of the molecule is CCCCCCCCCCCCCCC1CC(CI)OC1=O. The fraction of sp³-hybridized carbons (Fsp3) is 0.947. The number of hydrogen-bond acceptors (Lipinski definition) is 2. The van der Waals surface area contributed by atoms with E-state index in [1.165, 1.54) is 77.0 Å². The number of ether oxygens (including phenoxy) is 1. The zero-order chi connectivity index (χ0) is 16.0. The standard InChI is InChI=1S/C19H35IO2/c1-2-3-4-5-6-7-8-9-10-11-12-13-14-17-15-18(16-20)22-19(17)21/h17-18H,2-16H2,1H3. The van der Waals surface area contributed by atoms with Gasteiger partial charge in [0, 0.05) is 4.43 Å². The Morgan fingerprint density at radius 1 is 0.909 bits per heavy atom. The molecule has 3 heteroatoms. The number of halogens is 1. The van der Waals surface area contributed by atoms with Crippen LogP contribution < -0.4 is 0 Å². The predicted octanol–water partition coefficient (Wildman–Crippen LogP) is 6.44. The van der Waals surface area contributed by atoms with Crippen molar-refractivity contribution in [2.75, 3.05) is 4.43 Å². The summed E-state index contributed by atoms with van der Waals surface area (Å²) in [7, 11) is 0. The molecule has 1 heterocycles. The zero-order valence-electron chi connectivity index (χ0n) is 14.5. The van der Waals surface area contributed by atoms with Crippen molar-refractivity contribution in [3.63, 3.8) is 0 Å². The highest BCUT2D eigenvalue weighted by molar-refractivity contribution is 14.1. The first-order valence-corrected chi connectivity index (χ1v) is 11.1. The van der Waals surface area contributed by atoms with Gasteiger partial charge in [-0.3, -0.25) is 4.79 Å². The van der Waals surface area contributed by atoms with E-state index in [1.807, 2.05) is 0 Å². The molecule has 0 spiro atoms. The molecule has 0 aromatic carbocycles. The van der Waals surface area contributed by atoms with Crippen LogP contribution in [-0.4, -0.2) is 16.5 Å². The maximum atomic E-state index is 11.7. The monoisotopic (exact) mass is 422 g/mol. The van der Waals surface area contributed by atoms with Crippen molar-refractivity contribution in [2.45, 2.75) is 103 Å². The number of hydrogen-bond donors (Lipinski definition) is 0. The van der Waals surface area contributed by atoms with Crippen LogP contribution in [0.1, 0.15) is 96.8 Å². The number of unbranched alkanes of at least 4 members (excludes halogenated alkanes) is 11. The van der Waals surface area contributed by atoms with Gasteiger partial charge in [-0.25, -0.2) is 0 Å². The number of rotatable bonds is 14. The van der Waals surface area contributed by atoms with Crippen LogP contribution in [0.25, 0.3) is 0 Å². The molecule has 1 aliphatic rings. The summed E-state index contributed by atoms with van der Waals surface area (Å²) in [6, 6.07) is 0. The first kappa shape index (κ1) is 20.2. The van der Waals surface area contributed by atoms with E-state index in [2.05, 4.69) is 29.5 Å². The number of carbonyl (C=O) groups excluding carboxylic acids is 1. The van der Waals surface area contributed by atoms with Crippen molar-refractivity contribution in [2.24, 2.45) is 5.92 Å². The largest absolute Gasteiger partial charge is 0.461 e. The van der Waals surface area contributed by atoms with Crippen molar-refractivity contribution >= 4 is 28.6 Å². The Hall–Kier alpha value is 0.200. The molecule has 1 saturated heterocycles. The Kier molecular flexibility index (Phi) is 12.5. The first-order chi connectivity index (χ1) is 10.8. The van der Waals surface area contributed by atoms with Gasteiger partial charge in [-0.1, -0.05) is 107 Å². The molecule has 0 N–H and O–H groups in total. The molecule has 2 unspecified atom stereocenters. The van der Waals surface area contributed by atoms with Crippen LogP contribution in [0.15, 0.2) is 0 Å². The molecule has 0 saturated carbocycles. The Morgan fingerprint density at radius 3 is 1.86 bits per heavy atom. The van der Waals surface area contributed by atoms with E-state index in [1.54, 1.807) is 0 Å². The molecule has 0 aliphatic carbocycles. The molecular formula is C19H35IO2. The average Bonchev–Trinajstić information content (AvgIpc) is 2.89. The van der Waals surface area contributed by atoms with Crippen LogP contribution in [0.2, 0.25) is 0 Å². The molecule has 0 bridgehead atoms. The van der Waals surface area contributed by atoms with Crippen LogP contribution in [0.3, 0.4) is 0 Å². The molecule has 1 aliphatic heterocycles. The minimum atomic E-state index is 0.0599. The lowest BCUT2D eigenvalue weighted by molar-refractivity contribution is -0.143. The summed E-state index contributed by atoms with van der Waals surface area (Å²) in [5.74, 6) is 0.257. The molecule has 0 aromatic heterocycles. The molecule has 130 valence electrons. The van der Waals surface area contributed by atoms with Gasteiger partial charge in [0.15, 0.2) is 0 Å². The molecule has 0 radical (unpaired) electrons. The highest BCUT2D eigenvalue weighted by atomic mass is 127. The Bertz CT molecular complexity index is 281. The van der Waals surface area contributed by atoms with E-state index in [0.29, 0.717) is 0 Å². The van der Waals surface area contributed by atoms with Gasteiger partial charge in [-0.05, 0) is 12.8 Å². The van der Waals surface area contributed by atoms with E-state index >= 15 is 0 Å². The van der Waals surface area contributed by atoms with Crippen molar-refractivity contribution in [3.05, 3.63) is 0 Å². The molecule has 2 nitrogen and oxygen atoms in total. The fourth-order valence-corrected chi connectivity index (χ4v) is 3.82. The maximum Gasteiger partial charge on any atom is 0.309 e. The third-order valence-corrected chi connectivity index (χ3v) is 5.72. The maximum absolute atomic E-state index is 11.7. The van der Waals surface area contributed by atoms with Gasteiger partial charge >= 0.3 is 5.97 Å². The highest BCUT2D eigenvalue weighted by Crippen LogP contribution is 2.27. The molecule has 1 rings (SSSR count). The predicted molar refractivity (Wildman–Crippen MR) is 103 cm³/mol. The zero-order valence-corrected chi connectivity index (χ0v) is 16.6. The van der Waals surface area contributed by atoms with Gasteiger partial charge in [0.25, 0.3) is 0 Å². The lowest BCUT2D eigenvalue weighted by atomic mass is 9.97. The third-order valence-electron chi connectivity index (χ3n) is 4.74. The van der Waals surface area contributed by atoms with E-state index in [4.69, 9.17) is 4.74 Å². The molecule has 22 heavy (non-hydrogen) atoms. The quantitative estimate of drug-likeness (QED) is 0.139. The third kappa shape index (κ3) is 9.36.